The van der Waals surface area contributed by atoms with Crippen LogP contribution in [-0.2, 0) is 4.74 Å². The van der Waals surface area contributed by atoms with Crippen molar-refractivity contribution in [2.45, 2.75) is 51.3 Å². The molecule has 0 saturated carbocycles. The molecular weight excluding hydrogens is 401 g/mol. The van der Waals surface area contributed by atoms with Crippen molar-refractivity contribution in [1.29, 1.82) is 0 Å². The number of alkyl halides is 3. The zero-order valence-electron chi connectivity index (χ0n) is 16.4. The van der Waals surface area contributed by atoms with E-state index in [1.807, 2.05) is 6.92 Å². The third kappa shape index (κ3) is 7.09. The van der Waals surface area contributed by atoms with Gasteiger partial charge in [0.05, 0.1) is 11.1 Å². The highest BCUT2D eigenvalue weighted by Crippen LogP contribution is 2.28. The highest BCUT2D eigenvalue weighted by molar-refractivity contribution is 5.92. The number of benzene rings is 2. The Labute approximate surface area is 172 Å². The summed E-state index contributed by atoms with van der Waals surface area (Å²) in [5, 5.41) is 9.23. The molecule has 2 rings (SSSR count). The molecule has 162 valence electrons. The number of halogens is 3. The van der Waals surface area contributed by atoms with Crippen molar-refractivity contribution in [2.24, 2.45) is 0 Å². The SMILES string of the molecule is CCCCCC[C@@H](OC(=O)c1ccc(OC(=O)c2ccc(O)cc2)cc1)C(F)(F)F. The molecule has 1 N–H and O–H groups in total. The summed E-state index contributed by atoms with van der Waals surface area (Å²) >= 11 is 0. The van der Waals surface area contributed by atoms with Crippen LogP contribution in [0.2, 0.25) is 0 Å². The maximum Gasteiger partial charge on any atom is 0.425 e. The number of carbonyl (C=O) groups excluding carboxylic acids is 2. The van der Waals surface area contributed by atoms with Gasteiger partial charge in [0, 0.05) is 0 Å². The summed E-state index contributed by atoms with van der Waals surface area (Å²) in [7, 11) is 0. The third-order valence-corrected chi connectivity index (χ3v) is 4.34. The Bertz CT molecular complexity index is 829. The summed E-state index contributed by atoms with van der Waals surface area (Å²) in [5.74, 6) is -1.67. The molecule has 0 bridgehead atoms. The Hall–Kier alpha value is -3.03. The maximum absolute atomic E-state index is 13.1. The number of hydrogen-bond donors (Lipinski definition) is 1. The molecule has 0 aromatic heterocycles. The van der Waals surface area contributed by atoms with E-state index in [1.165, 1.54) is 48.5 Å². The molecule has 0 radical (unpaired) electrons. The van der Waals surface area contributed by atoms with Gasteiger partial charge in [0.1, 0.15) is 11.5 Å². The monoisotopic (exact) mass is 424 g/mol. The number of ether oxygens (including phenoxy) is 2. The van der Waals surface area contributed by atoms with Gasteiger partial charge in [0.25, 0.3) is 0 Å². The van der Waals surface area contributed by atoms with Crippen molar-refractivity contribution in [3.63, 3.8) is 0 Å². The first-order valence-electron chi connectivity index (χ1n) is 9.59. The minimum Gasteiger partial charge on any atom is -0.508 e. The van der Waals surface area contributed by atoms with Crippen LogP contribution in [0.3, 0.4) is 0 Å². The Balaban J connectivity index is 1.97. The van der Waals surface area contributed by atoms with Gasteiger partial charge in [0.15, 0.2) is 6.10 Å². The normalized spacial score (nSPS) is 12.3. The minimum atomic E-state index is -4.64. The third-order valence-electron chi connectivity index (χ3n) is 4.34. The lowest BCUT2D eigenvalue weighted by molar-refractivity contribution is -0.206. The second-order valence-electron chi connectivity index (χ2n) is 6.75. The van der Waals surface area contributed by atoms with Crippen molar-refractivity contribution in [2.75, 3.05) is 0 Å². The van der Waals surface area contributed by atoms with Crippen LogP contribution >= 0.6 is 0 Å². The van der Waals surface area contributed by atoms with E-state index in [-0.39, 0.29) is 29.0 Å². The van der Waals surface area contributed by atoms with Gasteiger partial charge in [-0.25, -0.2) is 9.59 Å². The lowest BCUT2D eigenvalue weighted by atomic mass is 10.1. The van der Waals surface area contributed by atoms with Gasteiger partial charge in [0.2, 0.25) is 0 Å². The van der Waals surface area contributed by atoms with Gasteiger partial charge in [-0.05, 0) is 61.4 Å². The molecule has 5 nitrogen and oxygen atoms in total. The summed E-state index contributed by atoms with van der Waals surface area (Å²) in [6, 6.07) is 10.4. The van der Waals surface area contributed by atoms with Gasteiger partial charge < -0.3 is 14.6 Å². The predicted molar refractivity (Wildman–Crippen MR) is 104 cm³/mol. The first-order chi connectivity index (χ1) is 14.2. The van der Waals surface area contributed by atoms with Crippen LogP contribution in [-0.4, -0.2) is 29.3 Å². The lowest BCUT2D eigenvalue weighted by Gasteiger charge is -2.20. The molecule has 0 spiro atoms. The van der Waals surface area contributed by atoms with Crippen LogP contribution in [0.5, 0.6) is 11.5 Å². The van der Waals surface area contributed by atoms with Crippen LogP contribution < -0.4 is 4.74 Å². The fourth-order valence-corrected chi connectivity index (χ4v) is 2.67. The molecule has 0 saturated heterocycles. The number of rotatable bonds is 9. The summed E-state index contributed by atoms with van der Waals surface area (Å²) in [6.07, 6.45) is -4.41. The van der Waals surface area contributed by atoms with E-state index in [4.69, 9.17) is 4.74 Å². The molecule has 0 fully saturated rings. The number of phenols is 1. The number of aromatic hydroxyl groups is 1. The molecule has 1 atom stereocenters. The average molecular weight is 424 g/mol. The summed E-state index contributed by atoms with van der Waals surface area (Å²) < 4.78 is 49.3. The average Bonchev–Trinajstić information content (AvgIpc) is 2.70. The van der Waals surface area contributed by atoms with Gasteiger partial charge in [-0.3, -0.25) is 0 Å². The standard InChI is InChI=1S/C22H23F3O5/c1-2-3-4-5-6-19(22(23,24)25)30-21(28)16-9-13-18(14-10-16)29-20(27)15-7-11-17(26)12-8-15/h7-14,19,26H,2-6H2,1H3/t19-/m1/s1. The zero-order chi connectivity index (χ0) is 22.1. The predicted octanol–water partition coefficient (Wildman–Crippen LogP) is 5.67. The number of unbranched alkanes of at least 4 members (excludes halogenated alkanes) is 3. The fraction of sp³-hybridized carbons (Fsp3) is 0.364. The molecular formula is C22H23F3O5. The molecule has 2 aromatic rings. The van der Waals surface area contributed by atoms with E-state index in [0.717, 1.165) is 12.8 Å². The van der Waals surface area contributed by atoms with E-state index < -0.39 is 24.2 Å². The fourth-order valence-electron chi connectivity index (χ4n) is 2.67. The first kappa shape index (κ1) is 23.3. The topological polar surface area (TPSA) is 72.8 Å². The Morgan fingerprint density at radius 1 is 0.900 bits per heavy atom. The Morgan fingerprint density at radius 2 is 1.47 bits per heavy atom. The van der Waals surface area contributed by atoms with Crippen LogP contribution in [0.4, 0.5) is 13.2 Å². The summed E-state index contributed by atoms with van der Waals surface area (Å²) in [6.45, 7) is 1.95. The molecule has 0 aliphatic carbocycles. The van der Waals surface area contributed by atoms with Gasteiger partial charge in [-0.15, -0.1) is 0 Å². The molecule has 0 amide bonds. The molecule has 2 aromatic carbocycles. The Morgan fingerprint density at radius 3 is 2.03 bits per heavy atom. The highest BCUT2D eigenvalue weighted by atomic mass is 19.4. The highest BCUT2D eigenvalue weighted by Gasteiger charge is 2.42. The molecule has 0 heterocycles. The van der Waals surface area contributed by atoms with E-state index in [2.05, 4.69) is 4.74 Å². The number of carbonyl (C=O) groups is 2. The number of esters is 2. The minimum absolute atomic E-state index is 0.00283. The van der Waals surface area contributed by atoms with Crippen molar-refractivity contribution < 1.29 is 37.3 Å². The van der Waals surface area contributed by atoms with Crippen molar-refractivity contribution in [3.05, 3.63) is 59.7 Å². The van der Waals surface area contributed by atoms with E-state index in [0.29, 0.717) is 12.8 Å². The smallest absolute Gasteiger partial charge is 0.425 e. The molecule has 0 unspecified atom stereocenters. The first-order valence-corrected chi connectivity index (χ1v) is 9.59. The second kappa shape index (κ2) is 10.7. The second-order valence-corrected chi connectivity index (χ2v) is 6.75. The summed E-state index contributed by atoms with van der Waals surface area (Å²) in [5.41, 5.74) is 0.120. The van der Waals surface area contributed by atoms with Crippen molar-refractivity contribution in [3.8, 4) is 11.5 Å². The molecule has 0 aliphatic rings. The molecule has 8 heteroatoms. The largest absolute Gasteiger partial charge is 0.508 e. The lowest BCUT2D eigenvalue weighted by Crippen LogP contribution is -2.33. The summed E-state index contributed by atoms with van der Waals surface area (Å²) in [4.78, 5) is 24.2. The van der Waals surface area contributed by atoms with Crippen LogP contribution in [0.15, 0.2) is 48.5 Å². The van der Waals surface area contributed by atoms with Crippen LogP contribution in [0, 0.1) is 0 Å². The van der Waals surface area contributed by atoms with Crippen molar-refractivity contribution >= 4 is 11.9 Å². The zero-order valence-corrected chi connectivity index (χ0v) is 16.4. The van der Waals surface area contributed by atoms with E-state index in [9.17, 15) is 27.9 Å². The van der Waals surface area contributed by atoms with E-state index in [1.54, 1.807) is 0 Å². The quantitative estimate of drug-likeness (QED) is 0.319. The Kier molecular flexibility index (Phi) is 8.26. The van der Waals surface area contributed by atoms with Gasteiger partial charge >= 0.3 is 18.1 Å². The van der Waals surface area contributed by atoms with E-state index >= 15 is 0 Å². The van der Waals surface area contributed by atoms with Crippen LogP contribution in [0.1, 0.15) is 59.7 Å². The van der Waals surface area contributed by atoms with Gasteiger partial charge in [-0.2, -0.15) is 13.2 Å². The number of hydrogen-bond acceptors (Lipinski definition) is 5. The molecule has 30 heavy (non-hydrogen) atoms. The van der Waals surface area contributed by atoms with Crippen LogP contribution in [0.25, 0.3) is 0 Å². The van der Waals surface area contributed by atoms with Gasteiger partial charge in [-0.1, -0.05) is 26.2 Å². The number of phenolic OH excluding ortho intramolecular Hbond substituents is 1. The molecule has 0 aliphatic heterocycles. The maximum atomic E-state index is 13.1. The van der Waals surface area contributed by atoms with Crippen molar-refractivity contribution in [1.82, 2.24) is 0 Å².